The van der Waals surface area contributed by atoms with Crippen molar-refractivity contribution in [3.8, 4) is 17.2 Å². The summed E-state index contributed by atoms with van der Waals surface area (Å²) in [6, 6.07) is 7.86. The average molecular weight is 491 g/mol. The van der Waals surface area contributed by atoms with Gasteiger partial charge in [0.05, 0.1) is 27.9 Å². The fourth-order valence-corrected chi connectivity index (χ4v) is 3.08. The van der Waals surface area contributed by atoms with E-state index in [1.54, 1.807) is 39.7 Å². The van der Waals surface area contributed by atoms with Crippen molar-refractivity contribution >= 4 is 41.3 Å². The smallest absolute Gasteiger partial charge is 0.191 e. The summed E-state index contributed by atoms with van der Waals surface area (Å²) in [7, 11) is 6.68. The van der Waals surface area contributed by atoms with Gasteiger partial charge in [-0.25, -0.2) is 0 Å². The molecule has 0 aliphatic rings. The van der Waals surface area contributed by atoms with Gasteiger partial charge in [0.25, 0.3) is 0 Å². The molecule has 144 valence electrons. The molecule has 0 atom stereocenters. The number of thiophene rings is 1. The third-order valence-electron chi connectivity index (χ3n) is 3.72. The second kappa shape index (κ2) is 11.8. The number of aliphatic imine (C=N–C) groups is 1. The van der Waals surface area contributed by atoms with E-state index in [0.717, 1.165) is 36.0 Å². The molecule has 0 bridgehead atoms. The highest BCUT2D eigenvalue weighted by Crippen LogP contribution is 2.34. The first-order valence-corrected chi connectivity index (χ1v) is 8.85. The number of nitrogens with one attached hydrogen (secondary N) is 2. The molecule has 0 aliphatic heterocycles. The third-order valence-corrected chi connectivity index (χ3v) is 4.59. The molecule has 0 spiro atoms. The Morgan fingerprint density at radius 2 is 1.77 bits per heavy atom. The topological polar surface area (TPSA) is 64.1 Å². The quantitative estimate of drug-likeness (QED) is 0.337. The zero-order chi connectivity index (χ0) is 18.1. The summed E-state index contributed by atoms with van der Waals surface area (Å²) in [6.07, 6.45) is 0.732. The number of benzene rings is 1. The summed E-state index contributed by atoms with van der Waals surface area (Å²) in [4.78, 5) is 5.51. The maximum Gasteiger partial charge on any atom is 0.191 e. The Bertz CT molecular complexity index is 668. The van der Waals surface area contributed by atoms with Gasteiger partial charge in [0.1, 0.15) is 17.2 Å². The predicted molar refractivity (Wildman–Crippen MR) is 118 cm³/mol. The number of nitrogens with zero attached hydrogens (tertiary/aromatic N) is 1. The second-order valence-corrected chi connectivity index (χ2v) is 6.22. The first-order valence-electron chi connectivity index (χ1n) is 7.97. The lowest BCUT2D eigenvalue weighted by Crippen LogP contribution is -2.37. The van der Waals surface area contributed by atoms with Gasteiger partial charge in [0, 0.05) is 36.2 Å². The van der Waals surface area contributed by atoms with Crippen LogP contribution in [0.4, 0.5) is 0 Å². The molecule has 6 nitrogen and oxygen atoms in total. The van der Waals surface area contributed by atoms with Crippen LogP contribution in [-0.4, -0.2) is 40.9 Å². The van der Waals surface area contributed by atoms with Gasteiger partial charge in [0.2, 0.25) is 0 Å². The van der Waals surface area contributed by atoms with Crippen molar-refractivity contribution in [2.75, 3.05) is 34.9 Å². The number of halogens is 1. The van der Waals surface area contributed by atoms with Crippen LogP contribution in [0.25, 0.3) is 0 Å². The van der Waals surface area contributed by atoms with Crippen LogP contribution >= 0.6 is 35.3 Å². The van der Waals surface area contributed by atoms with E-state index in [1.165, 1.54) is 4.88 Å². The molecule has 2 rings (SSSR count). The third kappa shape index (κ3) is 6.24. The zero-order valence-corrected chi connectivity index (χ0v) is 18.6. The highest BCUT2D eigenvalue weighted by Gasteiger charge is 2.13. The van der Waals surface area contributed by atoms with Crippen LogP contribution in [0.1, 0.15) is 10.4 Å². The minimum Gasteiger partial charge on any atom is -0.496 e. The standard InChI is InChI=1S/C18H25N3O3S.HI/c1-19-18(21-12-14-6-5-9-25-14)20-8-7-15-16(23-3)10-13(22-2)11-17(15)24-4;/h5-6,9-11H,7-8,12H2,1-4H3,(H2,19,20,21);1H. The number of methoxy groups -OCH3 is 3. The van der Waals surface area contributed by atoms with E-state index in [9.17, 15) is 0 Å². The second-order valence-electron chi connectivity index (χ2n) is 5.19. The van der Waals surface area contributed by atoms with Gasteiger partial charge in [-0.1, -0.05) is 6.07 Å². The minimum atomic E-state index is 0. The number of guanidine groups is 1. The van der Waals surface area contributed by atoms with E-state index in [1.807, 2.05) is 18.2 Å². The maximum atomic E-state index is 5.48. The Labute approximate surface area is 176 Å². The molecular weight excluding hydrogens is 465 g/mol. The van der Waals surface area contributed by atoms with Crippen LogP contribution in [0, 0.1) is 0 Å². The van der Waals surface area contributed by atoms with E-state index < -0.39 is 0 Å². The lowest BCUT2D eigenvalue weighted by Gasteiger charge is -2.16. The van der Waals surface area contributed by atoms with E-state index >= 15 is 0 Å². The van der Waals surface area contributed by atoms with E-state index in [4.69, 9.17) is 14.2 Å². The van der Waals surface area contributed by atoms with Crippen molar-refractivity contribution < 1.29 is 14.2 Å². The Hall–Kier alpha value is -1.68. The Morgan fingerprint density at radius 1 is 1.08 bits per heavy atom. The van der Waals surface area contributed by atoms with Crippen LogP contribution in [-0.2, 0) is 13.0 Å². The normalized spacial score (nSPS) is 10.7. The molecule has 1 aromatic heterocycles. The summed E-state index contributed by atoms with van der Waals surface area (Å²) in [5.41, 5.74) is 0.993. The van der Waals surface area contributed by atoms with Gasteiger partial charge in [-0.05, 0) is 17.9 Å². The lowest BCUT2D eigenvalue weighted by atomic mass is 10.1. The van der Waals surface area contributed by atoms with Crippen LogP contribution < -0.4 is 24.8 Å². The van der Waals surface area contributed by atoms with Crippen molar-refractivity contribution in [3.05, 3.63) is 40.1 Å². The van der Waals surface area contributed by atoms with Crippen LogP contribution in [0.2, 0.25) is 0 Å². The fourth-order valence-electron chi connectivity index (χ4n) is 2.43. The van der Waals surface area contributed by atoms with Crippen LogP contribution in [0.5, 0.6) is 17.2 Å². The van der Waals surface area contributed by atoms with E-state index in [-0.39, 0.29) is 24.0 Å². The highest BCUT2D eigenvalue weighted by molar-refractivity contribution is 14.0. The first-order chi connectivity index (χ1) is 12.2. The van der Waals surface area contributed by atoms with Crippen molar-refractivity contribution in [3.63, 3.8) is 0 Å². The molecule has 1 heterocycles. The Balaban J connectivity index is 0.00000338. The summed E-state index contributed by atoms with van der Waals surface area (Å²) < 4.78 is 16.2. The molecule has 0 aliphatic carbocycles. The molecule has 0 saturated heterocycles. The molecule has 0 unspecified atom stereocenters. The van der Waals surface area contributed by atoms with Crippen molar-refractivity contribution in [2.45, 2.75) is 13.0 Å². The van der Waals surface area contributed by atoms with E-state index in [0.29, 0.717) is 12.3 Å². The molecule has 0 fully saturated rings. The van der Waals surface area contributed by atoms with Gasteiger partial charge in [-0.2, -0.15) is 0 Å². The zero-order valence-electron chi connectivity index (χ0n) is 15.5. The van der Waals surface area contributed by atoms with Crippen LogP contribution in [0.15, 0.2) is 34.6 Å². The van der Waals surface area contributed by atoms with Crippen molar-refractivity contribution in [2.24, 2.45) is 4.99 Å². The molecule has 2 aromatic rings. The number of rotatable bonds is 8. The molecular formula is C18H26IN3O3S. The molecule has 0 saturated carbocycles. The van der Waals surface area contributed by atoms with Gasteiger partial charge in [0.15, 0.2) is 5.96 Å². The largest absolute Gasteiger partial charge is 0.496 e. The Kier molecular flexibility index (Phi) is 10.2. The number of ether oxygens (including phenoxy) is 3. The molecule has 8 heteroatoms. The van der Waals surface area contributed by atoms with Crippen molar-refractivity contribution in [1.82, 2.24) is 10.6 Å². The van der Waals surface area contributed by atoms with Crippen molar-refractivity contribution in [1.29, 1.82) is 0 Å². The summed E-state index contributed by atoms with van der Waals surface area (Å²) >= 11 is 1.72. The summed E-state index contributed by atoms with van der Waals surface area (Å²) in [5, 5.41) is 8.68. The van der Waals surface area contributed by atoms with Gasteiger partial charge in [-0.15, -0.1) is 35.3 Å². The highest BCUT2D eigenvalue weighted by atomic mass is 127. The number of hydrogen-bond acceptors (Lipinski definition) is 5. The molecule has 2 N–H and O–H groups in total. The van der Waals surface area contributed by atoms with E-state index in [2.05, 4.69) is 27.1 Å². The van der Waals surface area contributed by atoms with Gasteiger partial charge >= 0.3 is 0 Å². The van der Waals surface area contributed by atoms with Crippen LogP contribution in [0.3, 0.4) is 0 Å². The van der Waals surface area contributed by atoms with Gasteiger partial charge < -0.3 is 24.8 Å². The molecule has 26 heavy (non-hydrogen) atoms. The average Bonchev–Trinajstić information content (AvgIpc) is 3.17. The summed E-state index contributed by atoms with van der Waals surface area (Å²) in [5.74, 6) is 2.97. The number of hydrogen-bond donors (Lipinski definition) is 2. The summed E-state index contributed by atoms with van der Waals surface area (Å²) in [6.45, 7) is 1.45. The monoisotopic (exact) mass is 491 g/mol. The fraction of sp³-hybridized carbons (Fsp3) is 0.389. The van der Waals surface area contributed by atoms with Gasteiger partial charge in [-0.3, -0.25) is 4.99 Å². The SMILES string of the molecule is CN=C(NCCc1c(OC)cc(OC)cc1OC)NCc1cccs1.I. The maximum absolute atomic E-state index is 5.48. The lowest BCUT2D eigenvalue weighted by molar-refractivity contribution is 0.368. The predicted octanol–water partition coefficient (Wildman–Crippen LogP) is 3.30. The minimum absolute atomic E-state index is 0. The molecule has 0 radical (unpaired) electrons. The molecule has 0 amide bonds. The first kappa shape index (κ1) is 22.4. The Morgan fingerprint density at radius 3 is 2.27 bits per heavy atom. The molecule has 1 aromatic carbocycles.